The molecule has 3 aromatic heterocycles. The molecule has 1 amide bonds. The molecule has 1 aromatic carbocycles. The maximum absolute atomic E-state index is 14.5. The quantitative estimate of drug-likeness (QED) is 0.212. The number of halogens is 1. The zero-order valence-electron chi connectivity index (χ0n) is 28.0. The minimum Gasteiger partial charge on any atom is -0.347 e. The SMILES string of the molecule is BC(B)=Cc1ccccc1-c1nc2c(cc1Cl)c(N1[C@@H](C)CN(C(=O)C=C)C[C@@H]1C)nc(=O)n2-c1c(C(C)C)ccnc1C(C)C. The Morgan fingerprint density at radius 3 is 2.33 bits per heavy atom. The first-order chi connectivity index (χ1) is 21.8. The normalized spacial score (nSPS) is 16.7. The predicted octanol–water partition coefficient (Wildman–Crippen LogP) is 4.92. The van der Waals surface area contributed by atoms with Crippen molar-refractivity contribution < 1.29 is 4.79 Å². The third kappa shape index (κ3) is 6.15. The Hall–Kier alpha value is -4.17. The maximum atomic E-state index is 14.5. The molecule has 5 rings (SSSR count). The standard InChI is InChI=1S/C35H41B2ClN6O2/c1-8-29(45)42-17-21(6)43(22(7)18-42)34-26-16-27(38)31(25-12-10-9-11-23(25)15-28(36)37)40-33(26)44(35(46)41-34)32-24(19(2)3)13-14-39-30(32)20(4)5/h8-16,19-22H,1,17-18,36-37H2,2-7H3/t21-,22-/m0/s1. The van der Waals surface area contributed by atoms with Crippen molar-refractivity contribution in [3.63, 3.8) is 0 Å². The van der Waals surface area contributed by atoms with E-state index in [4.69, 9.17) is 26.6 Å². The molecule has 1 aliphatic heterocycles. The molecule has 0 spiro atoms. The Labute approximate surface area is 278 Å². The Morgan fingerprint density at radius 2 is 1.72 bits per heavy atom. The van der Waals surface area contributed by atoms with Gasteiger partial charge in [-0.2, -0.15) is 4.98 Å². The largest absolute Gasteiger partial charge is 0.355 e. The zero-order valence-corrected chi connectivity index (χ0v) is 28.8. The van der Waals surface area contributed by atoms with E-state index in [1.54, 1.807) is 9.47 Å². The van der Waals surface area contributed by atoms with Crippen molar-refractivity contribution in [2.75, 3.05) is 18.0 Å². The van der Waals surface area contributed by atoms with Gasteiger partial charge in [0.1, 0.15) is 21.5 Å². The molecule has 1 saturated heterocycles. The van der Waals surface area contributed by atoms with Gasteiger partial charge in [-0.25, -0.2) is 14.3 Å². The number of anilines is 1. The number of aromatic nitrogens is 4. The molecule has 11 heteroatoms. The van der Waals surface area contributed by atoms with Crippen LogP contribution in [0.1, 0.15) is 70.2 Å². The van der Waals surface area contributed by atoms with Crippen molar-refractivity contribution in [1.29, 1.82) is 0 Å². The van der Waals surface area contributed by atoms with E-state index >= 15 is 0 Å². The molecule has 4 aromatic rings. The summed E-state index contributed by atoms with van der Waals surface area (Å²) >= 11 is 7.12. The van der Waals surface area contributed by atoms with Gasteiger partial charge in [0.25, 0.3) is 0 Å². The van der Waals surface area contributed by atoms with Gasteiger partial charge in [0.05, 0.1) is 27.5 Å². The van der Waals surface area contributed by atoms with Crippen molar-refractivity contribution >= 4 is 56.1 Å². The van der Waals surface area contributed by atoms with E-state index in [2.05, 4.69) is 60.9 Å². The number of rotatable bonds is 7. The minimum absolute atomic E-state index is 0.0380. The van der Waals surface area contributed by atoms with E-state index in [0.29, 0.717) is 46.3 Å². The van der Waals surface area contributed by atoms with Crippen LogP contribution in [0.3, 0.4) is 0 Å². The number of carbonyl (C=O) groups excluding carboxylic acids is 1. The van der Waals surface area contributed by atoms with Crippen LogP contribution in [-0.2, 0) is 4.79 Å². The summed E-state index contributed by atoms with van der Waals surface area (Å²) in [7, 11) is 4.10. The van der Waals surface area contributed by atoms with Gasteiger partial charge in [-0.05, 0) is 55.0 Å². The molecule has 1 aliphatic rings. The molecule has 0 unspecified atom stereocenters. The highest BCUT2D eigenvalue weighted by Gasteiger charge is 2.34. The second kappa shape index (κ2) is 13.3. The summed E-state index contributed by atoms with van der Waals surface area (Å²) in [5.41, 5.74) is 4.94. The Bertz CT molecular complexity index is 1880. The van der Waals surface area contributed by atoms with Crippen LogP contribution in [0.5, 0.6) is 0 Å². The summed E-state index contributed by atoms with van der Waals surface area (Å²) in [6, 6.07) is 11.6. The molecule has 0 radical (unpaired) electrons. The van der Waals surface area contributed by atoms with Crippen LogP contribution < -0.4 is 10.6 Å². The molecule has 236 valence electrons. The fraction of sp³-hybridized carbons (Fsp3) is 0.343. The van der Waals surface area contributed by atoms with Crippen LogP contribution in [0.15, 0.2) is 65.4 Å². The molecular formula is C35H41B2ClN6O2. The monoisotopic (exact) mass is 634 g/mol. The summed E-state index contributed by atoms with van der Waals surface area (Å²) in [6.07, 6.45) is 5.25. The lowest BCUT2D eigenvalue weighted by Crippen LogP contribution is -2.58. The fourth-order valence-electron chi connectivity index (χ4n) is 6.51. The van der Waals surface area contributed by atoms with E-state index < -0.39 is 5.69 Å². The number of piperazine rings is 1. The summed E-state index contributed by atoms with van der Waals surface area (Å²) in [4.78, 5) is 45.7. The minimum atomic E-state index is -0.443. The Morgan fingerprint density at radius 1 is 1.04 bits per heavy atom. The molecule has 1 fully saturated rings. The van der Waals surface area contributed by atoms with E-state index in [-0.39, 0.29) is 29.8 Å². The summed E-state index contributed by atoms with van der Waals surface area (Å²) in [5, 5.41) is 2.25. The molecule has 0 bridgehead atoms. The topological polar surface area (TPSA) is 84.2 Å². The molecule has 0 aliphatic carbocycles. The van der Waals surface area contributed by atoms with Crippen LogP contribution in [0.4, 0.5) is 5.82 Å². The zero-order chi connectivity index (χ0) is 33.4. The fourth-order valence-corrected chi connectivity index (χ4v) is 6.76. The van der Waals surface area contributed by atoms with E-state index in [1.165, 1.54) is 6.08 Å². The third-order valence-corrected chi connectivity index (χ3v) is 8.78. The number of carbonyl (C=O) groups is 1. The van der Waals surface area contributed by atoms with Gasteiger partial charge < -0.3 is 9.80 Å². The molecule has 2 atom stereocenters. The van der Waals surface area contributed by atoms with Gasteiger partial charge >= 0.3 is 5.69 Å². The van der Waals surface area contributed by atoms with Crippen molar-refractivity contribution in [1.82, 2.24) is 24.4 Å². The number of fused-ring (bicyclic) bond motifs is 1. The smallest absolute Gasteiger partial charge is 0.347 e. The van der Waals surface area contributed by atoms with Gasteiger partial charge in [0.15, 0.2) is 5.65 Å². The number of hydrogen-bond donors (Lipinski definition) is 0. The lowest BCUT2D eigenvalue weighted by Gasteiger charge is -2.45. The first kappa shape index (κ1) is 33.2. The van der Waals surface area contributed by atoms with Crippen molar-refractivity contribution in [2.45, 2.75) is 65.5 Å². The molecule has 0 N–H and O–H groups in total. The molecule has 0 saturated carbocycles. The number of hydrogen-bond acceptors (Lipinski definition) is 6. The van der Waals surface area contributed by atoms with Crippen molar-refractivity contribution in [3.05, 3.63) is 92.9 Å². The Kier molecular flexibility index (Phi) is 9.59. The predicted molar refractivity (Wildman–Crippen MR) is 195 cm³/mol. The first-order valence-electron chi connectivity index (χ1n) is 15.9. The highest BCUT2D eigenvalue weighted by molar-refractivity contribution is 6.50. The number of benzene rings is 1. The second-order valence-corrected chi connectivity index (χ2v) is 13.5. The van der Waals surface area contributed by atoms with Crippen LogP contribution in [0.2, 0.25) is 5.02 Å². The number of nitrogens with zero attached hydrogens (tertiary/aromatic N) is 6. The van der Waals surface area contributed by atoms with E-state index in [9.17, 15) is 9.59 Å². The lowest BCUT2D eigenvalue weighted by atomic mass is 9.77. The second-order valence-electron chi connectivity index (χ2n) is 13.0. The van der Waals surface area contributed by atoms with Crippen LogP contribution in [0, 0.1) is 0 Å². The molecule has 8 nitrogen and oxygen atoms in total. The van der Waals surface area contributed by atoms with Crippen molar-refractivity contribution in [3.8, 4) is 16.9 Å². The Balaban J connectivity index is 1.89. The van der Waals surface area contributed by atoms with Gasteiger partial charge in [-0.3, -0.25) is 9.78 Å². The van der Waals surface area contributed by atoms with E-state index in [1.807, 2.05) is 56.4 Å². The highest BCUT2D eigenvalue weighted by Crippen LogP contribution is 2.38. The maximum Gasteiger partial charge on any atom is 0.355 e. The van der Waals surface area contributed by atoms with Gasteiger partial charge in [0.2, 0.25) is 5.91 Å². The molecule has 4 heterocycles. The van der Waals surface area contributed by atoms with E-state index in [0.717, 1.165) is 27.8 Å². The van der Waals surface area contributed by atoms with Crippen LogP contribution in [-0.4, -0.2) is 71.2 Å². The van der Waals surface area contributed by atoms with Gasteiger partial charge in [-0.1, -0.05) is 76.2 Å². The third-order valence-electron chi connectivity index (χ3n) is 8.49. The first-order valence-corrected chi connectivity index (χ1v) is 16.3. The summed E-state index contributed by atoms with van der Waals surface area (Å²) < 4.78 is 1.63. The average Bonchev–Trinajstić information content (AvgIpc) is 3.00. The number of amides is 1. The van der Waals surface area contributed by atoms with Gasteiger partial charge in [-0.15, -0.1) is 5.37 Å². The molecular weight excluding hydrogens is 594 g/mol. The van der Waals surface area contributed by atoms with Crippen LogP contribution >= 0.6 is 11.6 Å². The van der Waals surface area contributed by atoms with Gasteiger partial charge in [0, 0.05) is 36.9 Å². The highest BCUT2D eigenvalue weighted by atomic mass is 35.5. The lowest BCUT2D eigenvalue weighted by molar-refractivity contribution is -0.127. The van der Waals surface area contributed by atoms with Crippen LogP contribution in [0.25, 0.3) is 34.1 Å². The number of pyridine rings is 2. The van der Waals surface area contributed by atoms with Crippen molar-refractivity contribution in [2.24, 2.45) is 0 Å². The summed E-state index contributed by atoms with van der Waals surface area (Å²) in [6.45, 7) is 17.0. The molecule has 46 heavy (non-hydrogen) atoms. The average molecular weight is 635 g/mol. The summed E-state index contributed by atoms with van der Waals surface area (Å²) in [5.74, 6) is 0.533.